The van der Waals surface area contributed by atoms with Crippen LogP contribution in [0.5, 0.6) is 17.2 Å². The van der Waals surface area contributed by atoms with Crippen molar-refractivity contribution in [2.75, 3.05) is 39.3 Å². The lowest BCUT2D eigenvalue weighted by Gasteiger charge is -2.14. The van der Waals surface area contributed by atoms with E-state index in [9.17, 15) is 19.2 Å². The highest BCUT2D eigenvalue weighted by molar-refractivity contribution is 9.10. The highest BCUT2D eigenvalue weighted by Crippen LogP contribution is 2.37. The fourth-order valence-electron chi connectivity index (χ4n) is 3.26. The van der Waals surface area contributed by atoms with Crippen molar-refractivity contribution in [3.8, 4) is 17.2 Å². The molecule has 36 heavy (non-hydrogen) atoms. The van der Waals surface area contributed by atoms with Crippen molar-refractivity contribution in [3.63, 3.8) is 0 Å². The van der Waals surface area contributed by atoms with Gasteiger partial charge in [0.25, 0.3) is 5.91 Å². The number of methoxy groups -OCH3 is 2. The molecular formula is C24H24BrN3O8. The Morgan fingerprint density at radius 3 is 2.53 bits per heavy atom. The fraction of sp³-hybridized carbons (Fsp3) is 0.250. The third-order valence-corrected chi connectivity index (χ3v) is 5.44. The Hall–Kier alpha value is -4.06. The number of anilines is 1. The minimum Gasteiger partial charge on any atom is -0.495 e. The second-order valence-electron chi connectivity index (χ2n) is 7.26. The van der Waals surface area contributed by atoms with Gasteiger partial charge in [-0.25, -0.2) is 14.5 Å². The number of esters is 1. The van der Waals surface area contributed by atoms with Gasteiger partial charge in [0, 0.05) is 0 Å². The lowest BCUT2D eigenvalue weighted by atomic mass is 10.1. The fourth-order valence-corrected chi connectivity index (χ4v) is 3.83. The molecule has 0 unspecified atom stereocenters. The van der Waals surface area contributed by atoms with E-state index in [-0.39, 0.29) is 30.4 Å². The molecule has 4 amide bonds. The molecule has 190 valence electrons. The monoisotopic (exact) mass is 561 g/mol. The summed E-state index contributed by atoms with van der Waals surface area (Å²) in [4.78, 5) is 50.1. The Bertz CT molecular complexity index is 1210. The zero-order valence-electron chi connectivity index (χ0n) is 19.8. The number of nitrogens with one attached hydrogen (secondary N) is 2. The number of hydrogen-bond donors (Lipinski definition) is 2. The first-order valence-corrected chi connectivity index (χ1v) is 11.5. The second kappa shape index (κ2) is 12.1. The average molecular weight is 562 g/mol. The van der Waals surface area contributed by atoms with E-state index in [1.807, 2.05) is 0 Å². The smallest absolute Gasteiger partial charge is 0.344 e. The largest absolute Gasteiger partial charge is 0.495 e. The molecule has 1 aliphatic rings. The molecule has 0 atom stereocenters. The number of carbonyl (C=O) groups is 4. The van der Waals surface area contributed by atoms with Gasteiger partial charge in [0.15, 0.2) is 18.1 Å². The van der Waals surface area contributed by atoms with Crippen molar-refractivity contribution in [3.05, 3.63) is 52.1 Å². The topological polar surface area (TPSA) is 132 Å². The van der Waals surface area contributed by atoms with Crippen molar-refractivity contribution in [2.24, 2.45) is 0 Å². The van der Waals surface area contributed by atoms with E-state index in [1.54, 1.807) is 43.3 Å². The molecule has 1 saturated heterocycles. The van der Waals surface area contributed by atoms with Gasteiger partial charge in [-0.15, -0.1) is 0 Å². The summed E-state index contributed by atoms with van der Waals surface area (Å²) in [5, 5.41) is 5.09. The number of para-hydroxylation sites is 2. The van der Waals surface area contributed by atoms with Gasteiger partial charge in [0.05, 0.1) is 31.0 Å². The van der Waals surface area contributed by atoms with Crippen LogP contribution in [0.2, 0.25) is 0 Å². The van der Waals surface area contributed by atoms with Crippen molar-refractivity contribution >= 4 is 51.5 Å². The highest BCUT2D eigenvalue weighted by Gasteiger charge is 2.35. The first-order chi connectivity index (χ1) is 17.3. The zero-order valence-corrected chi connectivity index (χ0v) is 21.3. The van der Waals surface area contributed by atoms with Gasteiger partial charge in [-0.1, -0.05) is 12.1 Å². The maximum absolute atomic E-state index is 12.8. The van der Waals surface area contributed by atoms with Crippen LogP contribution in [-0.4, -0.2) is 62.7 Å². The lowest BCUT2D eigenvalue weighted by molar-refractivity contribution is -0.145. The number of nitrogens with zero attached hydrogens (tertiary/aromatic N) is 1. The SMILES string of the molecule is CCOC(=O)COc1c(Br)cc(/C=C2/NC(=O)N(CC(=O)Nc3ccccc3OC)C2=O)cc1OC. The first-order valence-electron chi connectivity index (χ1n) is 10.7. The van der Waals surface area contributed by atoms with Crippen LogP contribution < -0.4 is 24.8 Å². The van der Waals surface area contributed by atoms with Crippen LogP contribution in [-0.2, 0) is 19.1 Å². The van der Waals surface area contributed by atoms with Crippen molar-refractivity contribution in [2.45, 2.75) is 6.92 Å². The maximum atomic E-state index is 12.8. The Kier molecular flexibility index (Phi) is 8.90. The number of hydrogen-bond acceptors (Lipinski definition) is 8. The summed E-state index contributed by atoms with van der Waals surface area (Å²) in [5.74, 6) is -0.788. The molecule has 12 heteroatoms. The minimum atomic E-state index is -0.734. The van der Waals surface area contributed by atoms with Crippen LogP contribution in [0.1, 0.15) is 12.5 Å². The molecule has 1 fully saturated rings. The number of urea groups is 1. The third kappa shape index (κ3) is 6.33. The van der Waals surface area contributed by atoms with E-state index in [1.165, 1.54) is 20.3 Å². The molecule has 0 saturated carbocycles. The van der Waals surface area contributed by atoms with Crippen molar-refractivity contribution in [1.29, 1.82) is 0 Å². The first kappa shape index (κ1) is 26.5. The summed E-state index contributed by atoms with van der Waals surface area (Å²) in [5.41, 5.74) is 0.875. The van der Waals surface area contributed by atoms with Gasteiger partial charge < -0.3 is 29.6 Å². The Morgan fingerprint density at radius 2 is 1.83 bits per heavy atom. The van der Waals surface area contributed by atoms with Gasteiger partial charge in [-0.05, 0) is 58.8 Å². The molecule has 2 aromatic rings. The van der Waals surface area contributed by atoms with E-state index in [2.05, 4.69) is 26.6 Å². The summed E-state index contributed by atoms with van der Waals surface area (Å²) in [6, 6.07) is 9.22. The maximum Gasteiger partial charge on any atom is 0.344 e. The second-order valence-corrected chi connectivity index (χ2v) is 8.11. The summed E-state index contributed by atoms with van der Waals surface area (Å²) in [7, 11) is 2.88. The van der Waals surface area contributed by atoms with Crippen LogP contribution in [0.25, 0.3) is 6.08 Å². The van der Waals surface area contributed by atoms with Crippen LogP contribution in [0, 0.1) is 0 Å². The predicted octanol–water partition coefficient (Wildman–Crippen LogP) is 2.94. The Labute approximate surface area is 215 Å². The number of benzene rings is 2. The van der Waals surface area contributed by atoms with Crippen LogP contribution in [0.4, 0.5) is 10.5 Å². The minimum absolute atomic E-state index is 0.0285. The van der Waals surface area contributed by atoms with Gasteiger partial charge in [0.1, 0.15) is 18.0 Å². The number of imide groups is 1. The molecular weight excluding hydrogens is 538 g/mol. The van der Waals surface area contributed by atoms with E-state index in [0.29, 0.717) is 21.5 Å². The zero-order chi connectivity index (χ0) is 26.2. The summed E-state index contributed by atoms with van der Waals surface area (Å²) in [6.45, 7) is 1.11. The molecule has 2 N–H and O–H groups in total. The van der Waals surface area contributed by atoms with E-state index >= 15 is 0 Å². The molecule has 1 aliphatic heterocycles. The van der Waals surface area contributed by atoms with Gasteiger partial charge in [-0.2, -0.15) is 0 Å². The molecule has 0 aromatic heterocycles. The van der Waals surface area contributed by atoms with Gasteiger partial charge in [0.2, 0.25) is 5.91 Å². The predicted molar refractivity (Wildman–Crippen MR) is 133 cm³/mol. The number of amides is 4. The van der Waals surface area contributed by atoms with Crippen molar-refractivity contribution in [1.82, 2.24) is 10.2 Å². The van der Waals surface area contributed by atoms with E-state index < -0.39 is 30.4 Å². The van der Waals surface area contributed by atoms with Crippen LogP contribution >= 0.6 is 15.9 Å². The Morgan fingerprint density at radius 1 is 1.11 bits per heavy atom. The molecule has 11 nitrogen and oxygen atoms in total. The molecule has 0 bridgehead atoms. The molecule has 0 aliphatic carbocycles. The summed E-state index contributed by atoms with van der Waals surface area (Å²) in [6.07, 6.45) is 1.43. The van der Waals surface area contributed by atoms with E-state index in [4.69, 9.17) is 18.9 Å². The molecule has 2 aromatic carbocycles. The van der Waals surface area contributed by atoms with Crippen LogP contribution in [0.3, 0.4) is 0 Å². The molecule has 1 heterocycles. The third-order valence-electron chi connectivity index (χ3n) is 4.85. The highest BCUT2D eigenvalue weighted by atomic mass is 79.9. The number of halogens is 1. The normalized spacial score (nSPS) is 13.9. The van der Waals surface area contributed by atoms with Gasteiger partial charge in [-0.3, -0.25) is 9.59 Å². The van der Waals surface area contributed by atoms with E-state index in [0.717, 1.165) is 4.90 Å². The summed E-state index contributed by atoms with van der Waals surface area (Å²) < 4.78 is 21.3. The van der Waals surface area contributed by atoms with Crippen LogP contribution in [0.15, 0.2) is 46.6 Å². The number of ether oxygens (including phenoxy) is 4. The quantitative estimate of drug-likeness (QED) is 0.257. The number of rotatable bonds is 10. The Balaban J connectivity index is 1.73. The molecule has 0 radical (unpaired) electrons. The average Bonchev–Trinajstić information content (AvgIpc) is 3.10. The molecule has 3 rings (SSSR count). The lowest BCUT2D eigenvalue weighted by Crippen LogP contribution is -2.38. The number of carbonyl (C=O) groups excluding carboxylic acids is 4. The standard InChI is InChI=1S/C24H24BrN3O8/c1-4-35-21(30)13-36-22-15(25)9-14(11-19(22)34-3)10-17-23(31)28(24(32)27-17)12-20(29)26-16-7-5-6-8-18(16)33-2/h5-11H,4,12-13H2,1-3H3,(H,26,29)(H,27,32)/b17-10+. The summed E-state index contributed by atoms with van der Waals surface area (Å²) >= 11 is 3.36. The van der Waals surface area contributed by atoms with Crippen molar-refractivity contribution < 1.29 is 38.1 Å². The van der Waals surface area contributed by atoms with Gasteiger partial charge >= 0.3 is 12.0 Å². The molecule has 0 spiro atoms.